The number of hydrogen-bond donors (Lipinski definition) is 1. The molecule has 15 heavy (non-hydrogen) atoms. The molecular formula is C11H20ClNO2. The van der Waals surface area contributed by atoms with E-state index in [1.54, 1.807) is 0 Å². The molecule has 1 amide bonds. The fraction of sp³-hybridized carbons (Fsp3) is 0.909. The lowest BCUT2D eigenvalue weighted by Crippen LogP contribution is -2.45. The molecule has 88 valence electrons. The molecule has 1 saturated heterocycles. The van der Waals surface area contributed by atoms with Gasteiger partial charge in [-0.1, -0.05) is 13.8 Å². The Labute approximate surface area is 96.4 Å². The molecule has 3 nitrogen and oxygen atoms in total. The van der Waals surface area contributed by atoms with Crippen molar-refractivity contribution in [2.24, 2.45) is 5.41 Å². The lowest BCUT2D eigenvalue weighted by Gasteiger charge is -2.38. The van der Waals surface area contributed by atoms with Gasteiger partial charge in [0.05, 0.1) is 0 Å². The molecule has 0 spiro atoms. The molecule has 1 rings (SSSR count). The zero-order valence-electron chi connectivity index (χ0n) is 9.50. The van der Waals surface area contributed by atoms with E-state index < -0.39 is 0 Å². The predicted molar refractivity (Wildman–Crippen MR) is 60.9 cm³/mol. The van der Waals surface area contributed by atoms with Crippen LogP contribution in [-0.4, -0.2) is 41.0 Å². The van der Waals surface area contributed by atoms with E-state index in [9.17, 15) is 9.90 Å². The first-order valence-electron chi connectivity index (χ1n) is 5.56. The van der Waals surface area contributed by atoms with Gasteiger partial charge in [0, 0.05) is 19.7 Å². The van der Waals surface area contributed by atoms with Gasteiger partial charge in [0.2, 0.25) is 5.91 Å². The fourth-order valence-corrected chi connectivity index (χ4v) is 1.94. The molecule has 0 aromatic rings. The van der Waals surface area contributed by atoms with Gasteiger partial charge in [-0.05, 0) is 24.7 Å². The van der Waals surface area contributed by atoms with Crippen molar-refractivity contribution in [3.63, 3.8) is 0 Å². The maximum Gasteiger partial charge on any atom is 0.240 e. The Morgan fingerprint density at radius 2 is 2.07 bits per heavy atom. The molecule has 1 atom stereocenters. The molecule has 0 aromatic carbocycles. The van der Waals surface area contributed by atoms with Crippen LogP contribution in [0.1, 0.15) is 33.1 Å². The molecule has 0 saturated carbocycles. The number of alkyl halides is 1. The van der Waals surface area contributed by atoms with Crippen molar-refractivity contribution in [1.29, 1.82) is 0 Å². The lowest BCUT2D eigenvalue weighted by molar-refractivity contribution is -0.133. The van der Waals surface area contributed by atoms with Crippen molar-refractivity contribution in [3.05, 3.63) is 0 Å². The van der Waals surface area contributed by atoms with E-state index in [0.717, 1.165) is 25.9 Å². The maximum absolute atomic E-state index is 11.8. The summed E-state index contributed by atoms with van der Waals surface area (Å²) in [6.45, 7) is 5.62. The third kappa shape index (κ3) is 3.08. The van der Waals surface area contributed by atoms with Gasteiger partial charge < -0.3 is 10.0 Å². The summed E-state index contributed by atoms with van der Waals surface area (Å²) >= 11 is 5.91. The lowest BCUT2D eigenvalue weighted by atomic mass is 9.81. The first-order valence-corrected chi connectivity index (χ1v) is 6.00. The number of halogens is 1. The van der Waals surface area contributed by atoms with Crippen LogP contribution < -0.4 is 0 Å². The number of amides is 1. The Balaban J connectivity index is 2.47. The summed E-state index contributed by atoms with van der Waals surface area (Å²) in [6.07, 6.45) is 2.40. The second-order valence-electron chi connectivity index (χ2n) is 4.67. The molecule has 0 unspecified atom stereocenters. The predicted octanol–water partition coefficient (Wildman–Crippen LogP) is 1.62. The number of aliphatic hydroxyl groups excluding tert-OH is 1. The molecule has 4 heteroatoms. The summed E-state index contributed by atoms with van der Waals surface area (Å²) in [5, 5.41) is 8.82. The smallest absolute Gasteiger partial charge is 0.240 e. The van der Waals surface area contributed by atoms with Crippen molar-refractivity contribution in [1.82, 2.24) is 4.90 Å². The number of hydrogen-bond acceptors (Lipinski definition) is 2. The van der Waals surface area contributed by atoms with E-state index in [4.69, 9.17) is 11.6 Å². The molecule has 0 radical (unpaired) electrons. The molecule has 1 N–H and O–H groups in total. The minimum absolute atomic E-state index is 0.00912. The van der Waals surface area contributed by atoms with Gasteiger partial charge in [0.15, 0.2) is 0 Å². The van der Waals surface area contributed by atoms with Crippen molar-refractivity contribution in [2.45, 2.75) is 38.5 Å². The summed E-state index contributed by atoms with van der Waals surface area (Å²) in [6, 6.07) is 0. The minimum Gasteiger partial charge on any atom is -0.396 e. The first-order chi connectivity index (χ1) is 7.02. The van der Waals surface area contributed by atoms with Crippen LogP contribution in [0.15, 0.2) is 0 Å². The SMILES string of the molecule is CC[C@@H](Cl)C(=O)N1CCC(C)(CO)CC1. The van der Waals surface area contributed by atoms with Crippen LogP contribution in [0.3, 0.4) is 0 Å². The Kier molecular flexibility index (Phi) is 4.41. The van der Waals surface area contributed by atoms with Crippen LogP contribution >= 0.6 is 11.6 Å². The van der Waals surface area contributed by atoms with Gasteiger partial charge >= 0.3 is 0 Å². The highest BCUT2D eigenvalue weighted by Crippen LogP contribution is 2.30. The molecule has 0 aliphatic carbocycles. The summed E-state index contributed by atoms with van der Waals surface area (Å²) in [4.78, 5) is 13.6. The average molecular weight is 234 g/mol. The van der Waals surface area contributed by atoms with Crippen molar-refractivity contribution in [3.8, 4) is 0 Å². The molecule has 0 aromatic heterocycles. The number of nitrogens with zero attached hydrogens (tertiary/aromatic N) is 1. The zero-order valence-corrected chi connectivity index (χ0v) is 10.3. The van der Waals surface area contributed by atoms with Crippen LogP contribution in [0, 0.1) is 5.41 Å². The third-order valence-corrected chi connectivity index (χ3v) is 3.79. The summed E-state index contributed by atoms with van der Waals surface area (Å²) in [5.41, 5.74) is -0.00912. The maximum atomic E-state index is 11.8. The Morgan fingerprint density at radius 1 is 1.53 bits per heavy atom. The number of likely N-dealkylation sites (tertiary alicyclic amines) is 1. The quantitative estimate of drug-likeness (QED) is 0.753. The highest BCUT2D eigenvalue weighted by Gasteiger charge is 2.32. The molecule has 1 aliphatic rings. The molecule has 1 aliphatic heterocycles. The topological polar surface area (TPSA) is 40.5 Å². The van der Waals surface area contributed by atoms with Gasteiger partial charge in [-0.15, -0.1) is 11.6 Å². The van der Waals surface area contributed by atoms with E-state index in [1.165, 1.54) is 0 Å². The van der Waals surface area contributed by atoms with Crippen LogP contribution in [0.5, 0.6) is 0 Å². The molecule has 1 fully saturated rings. The van der Waals surface area contributed by atoms with Crippen LogP contribution in [0.4, 0.5) is 0 Å². The van der Waals surface area contributed by atoms with Gasteiger partial charge in [0.25, 0.3) is 0 Å². The molecular weight excluding hydrogens is 214 g/mol. The van der Waals surface area contributed by atoms with E-state index in [1.807, 2.05) is 11.8 Å². The standard InChI is InChI=1S/C11H20ClNO2/c1-3-9(12)10(15)13-6-4-11(2,8-14)5-7-13/h9,14H,3-8H2,1-2H3/t9-/m1/s1. The number of aliphatic hydroxyl groups is 1. The van der Waals surface area contributed by atoms with Crippen LogP contribution in [-0.2, 0) is 4.79 Å². The number of carbonyl (C=O) groups excluding carboxylic acids is 1. The normalized spacial score (nSPS) is 22.5. The highest BCUT2D eigenvalue weighted by molar-refractivity contribution is 6.30. The largest absolute Gasteiger partial charge is 0.396 e. The van der Waals surface area contributed by atoms with Crippen molar-refractivity contribution >= 4 is 17.5 Å². The number of piperidine rings is 1. The molecule has 1 heterocycles. The minimum atomic E-state index is -0.386. The Morgan fingerprint density at radius 3 is 2.47 bits per heavy atom. The summed E-state index contributed by atoms with van der Waals surface area (Å²) in [7, 11) is 0. The summed E-state index contributed by atoms with van der Waals surface area (Å²) < 4.78 is 0. The van der Waals surface area contributed by atoms with Crippen LogP contribution in [0.25, 0.3) is 0 Å². The van der Waals surface area contributed by atoms with Crippen LogP contribution in [0.2, 0.25) is 0 Å². The third-order valence-electron chi connectivity index (χ3n) is 3.29. The van der Waals surface area contributed by atoms with E-state index in [0.29, 0.717) is 6.42 Å². The molecule has 0 bridgehead atoms. The van der Waals surface area contributed by atoms with Gasteiger partial charge in [-0.3, -0.25) is 4.79 Å². The first kappa shape index (κ1) is 12.8. The monoisotopic (exact) mass is 233 g/mol. The van der Waals surface area contributed by atoms with E-state index >= 15 is 0 Å². The van der Waals surface area contributed by atoms with Gasteiger partial charge in [-0.25, -0.2) is 0 Å². The highest BCUT2D eigenvalue weighted by atomic mass is 35.5. The van der Waals surface area contributed by atoms with E-state index in [2.05, 4.69) is 6.92 Å². The Hall–Kier alpha value is -0.280. The van der Waals surface area contributed by atoms with Gasteiger partial charge in [0.1, 0.15) is 5.38 Å². The van der Waals surface area contributed by atoms with Crippen molar-refractivity contribution < 1.29 is 9.90 Å². The van der Waals surface area contributed by atoms with E-state index in [-0.39, 0.29) is 23.3 Å². The van der Waals surface area contributed by atoms with Crippen molar-refractivity contribution in [2.75, 3.05) is 19.7 Å². The second-order valence-corrected chi connectivity index (χ2v) is 5.20. The zero-order chi connectivity index (χ0) is 11.5. The number of carbonyl (C=O) groups is 1. The average Bonchev–Trinajstić information content (AvgIpc) is 2.28. The summed E-state index contributed by atoms with van der Waals surface area (Å²) in [5.74, 6) is 0.0409. The second kappa shape index (κ2) is 5.17. The van der Waals surface area contributed by atoms with Gasteiger partial charge in [-0.2, -0.15) is 0 Å². The Bertz CT molecular complexity index is 225. The number of rotatable bonds is 3. The fourth-order valence-electron chi connectivity index (χ4n) is 1.80.